The lowest BCUT2D eigenvalue weighted by Crippen LogP contribution is -2.30. The Morgan fingerprint density at radius 2 is 2.00 bits per heavy atom. The van der Waals surface area contributed by atoms with Crippen LogP contribution in [0.1, 0.15) is 35.0 Å². The lowest BCUT2D eigenvalue weighted by Gasteiger charge is -2.20. The average molecular weight is 370 g/mol. The van der Waals surface area contributed by atoms with Crippen molar-refractivity contribution in [2.75, 3.05) is 11.9 Å². The molecule has 0 bridgehead atoms. The summed E-state index contributed by atoms with van der Waals surface area (Å²) in [4.78, 5) is 34.7. The van der Waals surface area contributed by atoms with Crippen LogP contribution in [0.2, 0.25) is 0 Å². The quantitative estimate of drug-likeness (QED) is 0.712. The Bertz CT molecular complexity index is 857. The molecule has 2 aromatic rings. The molecule has 0 saturated carbocycles. The van der Waals surface area contributed by atoms with Crippen molar-refractivity contribution in [3.05, 3.63) is 47.3 Å². The summed E-state index contributed by atoms with van der Waals surface area (Å²) in [5, 5.41) is 18.0. The zero-order chi connectivity index (χ0) is 19.4. The van der Waals surface area contributed by atoms with Crippen molar-refractivity contribution in [1.82, 2.24) is 15.1 Å². The first-order chi connectivity index (χ1) is 12.9. The number of fused-ring (bicyclic) bond motifs is 1. The summed E-state index contributed by atoms with van der Waals surface area (Å²) in [6.45, 7) is 2.60. The number of carbonyl (C=O) groups excluding carboxylic acids is 2. The van der Waals surface area contributed by atoms with Crippen LogP contribution in [0.3, 0.4) is 0 Å². The van der Waals surface area contributed by atoms with Crippen molar-refractivity contribution >= 4 is 23.5 Å². The first kappa shape index (κ1) is 18.6. The summed E-state index contributed by atoms with van der Waals surface area (Å²) in [5.41, 5.74) is 2.92. The number of carboxylic acid groups (broad SMARTS) is 1. The molecule has 0 spiro atoms. The standard InChI is InChI=1S/C19H22N4O4/c1-12-6-7-23-16(8-12)15(10-21-23)19(27)22-14-4-2-13(3-5-14)9-17(24)20-11-18(25)26/h2-5,10,12H,6-9,11H2,1H3,(H,20,24)(H,22,27)(H,25,26). The van der Waals surface area contributed by atoms with Gasteiger partial charge in [-0.15, -0.1) is 0 Å². The zero-order valence-electron chi connectivity index (χ0n) is 15.1. The molecular weight excluding hydrogens is 348 g/mol. The van der Waals surface area contributed by atoms with Crippen molar-refractivity contribution in [3.8, 4) is 0 Å². The molecule has 1 aliphatic heterocycles. The van der Waals surface area contributed by atoms with Crippen molar-refractivity contribution < 1.29 is 19.5 Å². The summed E-state index contributed by atoms with van der Waals surface area (Å²) in [6.07, 6.45) is 3.60. The van der Waals surface area contributed by atoms with E-state index in [0.717, 1.165) is 30.6 Å². The van der Waals surface area contributed by atoms with Gasteiger partial charge in [-0.25, -0.2) is 0 Å². The van der Waals surface area contributed by atoms with Crippen molar-refractivity contribution in [1.29, 1.82) is 0 Å². The third-order valence-corrected chi connectivity index (χ3v) is 4.58. The number of rotatable bonds is 6. The monoisotopic (exact) mass is 370 g/mol. The number of amides is 2. The van der Waals surface area contributed by atoms with E-state index in [4.69, 9.17) is 5.11 Å². The normalized spacial score (nSPS) is 15.7. The van der Waals surface area contributed by atoms with Gasteiger partial charge in [0.2, 0.25) is 5.91 Å². The minimum absolute atomic E-state index is 0.0797. The molecule has 1 unspecified atom stereocenters. The fourth-order valence-corrected chi connectivity index (χ4v) is 3.11. The van der Waals surface area contributed by atoms with E-state index in [1.54, 1.807) is 30.5 Å². The van der Waals surface area contributed by atoms with Crippen LogP contribution in [0.15, 0.2) is 30.5 Å². The van der Waals surface area contributed by atoms with Gasteiger partial charge in [-0.3, -0.25) is 19.1 Å². The van der Waals surface area contributed by atoms with Gasteiger partial charge < -0.3 is 15.7 Å². The van der Waals surface area contributed by atoms with E-state index in [2.05, 4.69) is 22.7 Å². The Kier molecular flexibility index (Phi) is 5.54. The van der Waals surface area contributed by atoms with Crippen LogP contribution in [0, 0.1) is 5.92 Å². The van der Waals surface area contributed by atoms with Crippen LogP contribution in [0.5, 0.6) is 0 Å². The molecule has 0 fully saturated rings. The van der Waals surface area contributed by atoms with Crippen LogP contribution < -0.4 is 10.6 Å². The second-order valence-corrected chi connectivity index (χ2v) is 6.82. The van der Waals surface area contributed by atoms with E-state index in [1.165, 1.54) is 0 Å². The number of aliphatic carboxylic acids is 1. The summed E-state index contributed by atoms with van der Waals surface area (Å²) < 4.78 is 1.90. The number of carbonyl (C=O) groups is 3. The van der Waals surface area contributed by atoms with Gasteiger partial charge in [-0.2, -0.15) is 5.10 Å². The number of nitrogens with one attached hydrogen (secondary N) is 2. The largest absolute Gasteiger partial charge is 0.480 e. The highest BCUT2D eigenvalue weighted by Gasteiger charge is 2.23. The summed E-state index contributed by atoms with van der Waals surface area (Å²) in [7, 11) is 0. The minimum atomic E-state index is -1.09. The second kappa shape index (κ2) is 8.03. The number of aromatic nitrogens is 2. The Balaban J connectivity index is 1.60. The van der Waals surface area contributed by atoms with Crippen molar-refractivity contribution in [2.45, 2.75) is 32.7 Å². The Hall–Kier alpha value is -3.16. The van der Waals surface area contributed by atoms with Crippen LogP contribution in [0.25, 0.3) is 0 Å². The molecule has 27 heavy (non-hydrogen) atoms. The number of nitrogens with zero attached hydrogens (tertiary/aromatic N) is 2. The summed E-state index contributed by atoms with van der Waals surface area (Å²) in [5.74, 6) is -1.11. The predicted octanol–water partition coefficient (Wildman–Crippen LogP) is 1.46. The van der Waals surface area contributed by atoms with Gasteiger partial charge in [0.25, 0.3) is 5.91 Å². The molecule has 8 heteroatoms. The number of hydrogen-bond acceptors (Lipinski definition) is 4. The Labute approximate surface area is 156 Å². The molecule has 0 aliphatic carbocycles. The Morgan fingerprint density at radius 1 is 1.26 bits per heavy atom. The van der Waals surface area contributed by atoms with E-state index >= 15 is 0 Å². The van der Waals surface area contributed by atoms with E-state index in [1.807, 2.05) is 4.68 Å². The third-order valence-electron chi connectivity index (χ3n) is 4.58. The fraction of sp³-hybridized carbons (Fsp3) is 0.368. The van der Waals surface area contributed by atoms with Gasteiger partial charge in [0.15, 0.2) is 0 Å². The molecule has 1 aromatic carbocycles. The second-order valence-electron chi connectivity index (χ2n) is 6.82. The highest BCUT2D eigenvalue weighted by Crippen LogP contribution is 2.23. The van der Waals surface area contributed by atoms with Crippen LogP contribution >= 0.6 is 0 Å². The number of benzene rings is 1. The topological polar surface area (TPSA) is 113 Å². The molecule has 8 nitrogen and oxygen atoms in total. The molecule has 1 atom stereocenters. The number of aryl methyl sites for hydroxylation is 1. The van der Waals surface area contributed by atoms with Gasteiger partial charge in [0, 0.05) is 12.2 Å². The first-order valence-corrected chi connectivity index (χ1v) is 8.86. The molecule has 1 aromatic heterocycles. The minimum Gasteiger partial charge on any atom is -0.480 e. The molecule has 3 rings (SSSR count). The molecule has 3 N–H and O–H groups in total. The lowest BCUT2D eigenvalue weighted by atomic mass is 9.96. The number of carboxylic acids is 1. The molecule has 2 amide bonds. The predicted molar refractivity (Wildman–Crippen MR) is 98.5 cm³/mol. The first-order valence-electron chi connectivity index (χ1n) is 8.86. The van der Waals surface area contributed by atoms with Gasteiger partial charge in [0.1, 0.15) is 6.54 Å². The van der Waals surface area contributed by atoms with Crippen molar-refractivity contribution in [3.63, 3.8) is 0 Å². The smallest absolute Gasteiger partial charge is 0.322 e. The van der Waals surface area contributed by atoms with E-state index in [-0.39, 0.29) is 18.2 Å². The van der Waals surface area contributed by atoms with Crippen LogP contribution in [-0.4, -0.2) is 39.2 Å². The van der Waals surface area contributed by atoms with Gasteiger partial charge in [-0.05, 0) is 36.5 Å². The summed E-state index contributed by atoms with van der Waals surface area (Å²) in [6, 6.07) is 6.89. The molecule has 0 saturated heterocycles. The van der Waals surface area contributed by atoms with E-state index < -0.39 is 12.5 Å². The van der Waals surface area contributed by atoms with Crippen molar-refractivity contribution in [2.24, 2.45) is 5.92 Å². The molecule has 0 radical (unpaired) electrons. The average Bonchev–Trinajstić information content (AvgIpc) is 3.04. The fourth-order valence-electron chi connectivity index (χ4n) is 3.11. The molecule has 2 heterocycles. The van der Waals surface area contributed by atoms with E-state index in [0.29, 0.717) is 17.2 Å². The van der Waals surface area contributed by atoms with Crippen LogP contribution in [-0.2, 0) is 29.0 Å². The summed E-state index contributed by atoms with van der Waals surface area (Å²) >= 11 is 0. The zero-order valence-corrected chi connectivity index (χ0v) is 15.1. The molecular formula is C19H22N4O4. The maximum atomic E-state index is 12.6. The van der Waals surface area contributed by atoms with Gasteiger partial charge in [0.05, 0.1) is 23.9 Å². The highest BCUT2D eigenvalue weighted by molar-refractivity contribution is 6.05. The van der Waals surface area contributed by atoms with Gasteiger partial charge in [-0.1, -0.05) is 19.1 Å². The maximum Gasteiger partial charge on any atom is 0.322 e. The highest BCUT2D eigenvalue weighted by atomic mass is 16.4. The Morgan fingerprint density at radius 3 is 2.70 bits per heavy atom. The molecule has 142 valence electrons. The number of hydrogen-bond donors (Lipinski definition) is 3. The van der Waals surface area contributed by atoms with Crippen LogP contribution in [0.4, 0.5) is 5.69 Å². The number of anilines is 1. The third kappa shape index (κ3) is 4.72. The lowest BCUT2D eigenvalue weighted by molar-refractivity contribution is -0.137. The molecule has 1 aliphatic rings. The van der Waals surface area contributed by atoms with Gasteiger partial charge >= 0.3 is 5.97 Å². The SMILES string of the molecule is CC1CCn2ncc(C(=O)Nc3ccc(CC(=O)NCC(=O)O)cc3)c2C1. The maximum absolute atomic E-state index is 12.6. The van der Waals surface area contributed by atoms with E-state index in [9.17, 15) is 14.4 Å².